The number of rotatable bonds is 3. The van der Waals surface area contributed by atoms with E-state index in [1.165, 1.54) is 6.08 Å². The van der Waals surface area contributed by atoms with Crippen molar-refractivity contribution >= 4 is 5.97 Å². The van der Waals surface area contributed by atoms with Crippen molar-refractivity contribution in [3.8, 4) is 0 Å². The van der Waals surface area contributed by atoms with E-state index in [1.54, 1.807) is 24.4 Å². The molecule has 1 aromatic rings. The van der Waals surface area contributed by atoms with Crippen LogP contribution in [0.25, 0.3) is 0 Å². The van der Waals surface area contributed by atoms with Crippen LogP contribution in [-0.4, -0.2) is 22.7 Å². The molecule has 0 fully saturated rings. The molecule has 2 rings (SSSR count). The number of hydrogen-bond donors (Lipinski definition) is 1. The Morgan fingerprint density at radius 3 is 3.00 bits per heavy atom. The Morgan fingerprint density at radius 1 is 1.62 bits per heavy atom. The van der Waals surface area contributed by atoms with Crippen molar-refractivity contribution in [3.05, 3.63) is 53.9 Å². The highest BCUT2D eigenvalue weighted by atomic mass is 16.5. The highest BCUT2D eigenvalue weighted by molar-refractivity contribution is 5.90. The summed E-state index contributed by atoms with van der Waals surface area (Å²) in [5.74, 6) is -0.983. The molecular formula is C12H11NO3. The largest absolute Gasteiger partial charge is 0.478 e. The normalized spacial score (nSPS) is 19.9. The summed E-state index contributed by atoms with van der Waals surface area (Å²) in [4.78, 5) is 15.2. The topological polar surface area (TPSA) is 59.4 Å². The average molecular weight is 217 g/mol. The van der Waals surface area contributed by atoms with Crippen molar-refractivity contribution in [3.63, 3.8) is 0 Å². The summed E-state index contributed by atoms with van der Waals surface area (Å²) in [6.45, 7) is 3.85. The highest BCUT2D eigenvalue weighted by Gasteiger charge is 2.32. The molecule has 1 aliphatic rings. The zero-order valence-corrected chi connectivity index (χ0v) is 8.59. The molecule has 0 saturated heterocycles. The highest BCUT2D eigenvalue weighted by Crippen LogP contribution is 2.33. The Kier molecular flexibility index (Phi) is 2.83. The van der Waals surface area contributed by atoms with Gasteiger partial charge in [0.25, 0.3) is 0 Å². The van der Waals surface area contributed by atoms with E-state index in [-0.39, 0.29) is 12.2 Å². The minimum absolute atomic E-state index is 0.230. The molecule has 1 atom stereocenters. The third-order valence-electron chi connectivity index (χ3n) is 2.45. The second kappa shape index (κ2) is 4.28. The standard InChI is InChI=1S/C12H11NO3/c1-2-8-7-16-11(10(8)12(14)15)9-5-3-4-6-13-9/h2-6,11H,1,7H2,(H,14,15). The zero-order chi connectivity index (χ0) is 11.5. The molecule has 1 unspecified atom stereocenters. The molecule has 0 radical (unpaired) electrons. The number of carboxylic acid groups (broad SMARTS) is 1. The van der Waals surface area contributed by atoms with Crippen LogP contribution in [0, 0.1) is 0 Å². The first-order valence-corrected chi connectivity index (χ1v) is 4.85. The van der Waals surface area contributed by atoms with E-state index in [0.29, 0.717) is 11.3 Å². The second-order valence-corrected chi connectivity index (χ2v) is 3.39. The van der Waals surface area contributed by atoms with Crippen molar-refractivity contribution < 1.29 is 14.6 Å². The van der Waals surface area contributed by atoms with Gasteiger partial charge in [0.15, 0.2) is 0 Å². The average Bonchev–Trinajstić information content (AvgIpc) is 2.73. The number of ether oxygens (including phenoxy) is 1. The SMILES string of the molecule is C=CC1=C(C(=O)O)C(c2ccccn2)OC1. The maximum atomic E-state index is 11.1. The van der Waals surface area contributed by atoms with Crippen LogP contribution in [0.15, 0.2) is 48.2 Å². The summed E-state index contributed by atoms with van der Waals surface area (Å²) < 4.78 is 5.43. The number of pyridine rings is 1. The number of carbonyl (C=O) groups is 1. The Bertz CT molecular complexity index is 451. The summed E-state index contributed by atoms with van der Waals surface area (Å²) in [5.41, 5.74) is 1.45. The quantitative estimate of drug-likeness (QED) is 0.837. The fraction of sp³-hybridized carbons (Fsp3) is 0.167. The first-order valence-electron chi connectivity index (χ1n) is 4.85. The molecule has 2 heterocycles. The van der Waals surface area contributed by atoms with Crippen LogP contribution in [0.5, 0.6) is 0 Å². The Hall–Kier alpha value is -1.94. The van der Waals surface area contributed by atoms with E-state index in [0.717, 1.165) is 0 Å². The van der Waals surface area contributed by atoms with Crippen LogP contribution in [0.2, 0.25) is 0 Å². The van der Waals surface area contributed by atoms with Gasteiger partial charge in [0, 0.05) is 6.20 Å². The van der Waals surface area contributed by atoms with E-state index < -0.39 is 12.1 Å². The Labute approximate surface area is 92.9 Å². The molecule has 0 bridgehead atoms. The van der Waals surface area contributed by atoms with Gasteiger partial charge in [-0.1, -0.05) is 18.7 Å². The molecule has 0 saturated carbocycles. The molecule has 1 aliphatic heterocycles. The molecule has 4 nitrogen and oxygen atoms in total. The third kappa shape index (κ3) is 1.75. The molecule has 1 aromatic heterocycles. The van der Waals surface area contributed by atoms with Crippen LogP contribution in [-0.2, 0) is 9.53 Å². The van der Waals surface area contributed by atoms with Crippen molar-refractivity contribution in [1.82, 2.24) is 4.98 Å². The van der Waals surface area contributed by atoms with Crippen molar-refractivity contribution in [1.29, 1.82) is 0 Å². The maximum absolute atomic E-state index is 11.1. The lowest BCUT2D eigenvalue weighted by molar-refractivity contribution is -0.133. The van der Waals surface area contributed by atoms with E-state index in [1.807, 2.05) is 0 Å². The van der Waals surface area contributed by atoms with Gasteiger partial charge in [-0.25, -0.2) is 4.79 Å². The van der Waals surface area contributed by atoms with Crippen LogP contribution in [0.3, 0.4) is 0 Å². The fourth-order valence-corrected chi connectivity index (χ4v) is 1.69. The van der Waals surface area contributed by atoms with E-state index in [9.17, 15) is 4.79 Å². The van der Waals surface area contributed by atoms with E-state index in [4.69, 9.17) is 9.84 Å². The van der Waals surface area contributed by atoms with Crippen LogP contribution in [0.1, 0.15) is 11.8 Å². The summed E-state index contributed by atoms with van der Waals surface area (Å²) >= 11 is 0. The summed E-state index contributed by atoms with van der Waals surface area (Å²) in [5, 5.41) is 9.13. The third-order valence-corrected chi connectivity index (χ3v) is 2.45. The number of carboxylic acids is 1. The molecule has 1 N–H and O–H groups in total. The number of nitrogens with zero attached hydrogens (tertiary/aromatic N) is 1. The van der Waals surface area contributed by atoms with Crippen LogP contribution in [0.4, 0.5) is 0 Å². The Morgan fingerprint density at radius 2 is 2.44 bits per heavy atom. The summed E-state index contributed by atoms with van der Waals surface area (Å²) in [6.07, 6.45) is 2.54. The van der Waals surface area contributed by atoms with Gasteiger partial charge in [0.2, 0.25) is 0 Å². The monoisotopic (exact) mass is 217 g/mol. The number of aromatic nitrogens is 1. The predicted octanol–water partition coefficient (Wildman–Crippen LogP) is 1.72. The lowest BCUT2D eigenvalue weighted by Crippen LogP contribution is -2.10. The molecule has 0 amide bonds. The van der Waals surface area contributed by atoms with Gasteiger partial charge in [-0.05, 0) is 17.7 Å². The molecule has 0 aliphatic carbocycles. The Balaban J connectivity index is 2.41. The fourth-order valence-electron chi connectivity index (χ4n) is 1.69. The maximum Gasteiger partial charge on any atom is 0.335 e. The van der Waals surface area contributed by atoms with Crippen molar-refractivity contribution in [2.24, 2.45) is 0 Å². The second-order valence-electron chi connectivity index (χ2n) is 3.39. The van der Waals surface area contributed by atoms with Gasteiger partial charge in [-0.2, -0.15) is 0 Å². The molecular weight excluding hydrogens is 206 g/mol. The van der Waals surface area contributed by atoms with Gasteiger partial charge >= 0.3 is 5.97 Å². The van der Waals surface area contributed by atoms with Gasteiger partial charge < -0.3 is 9.84 Å². The first-order chi connectivity index (χ1) is 7.74. The van der Waals surface area contributed by atoms with Crippen molar-refractivity contribution in [2.45, 2.75) is 6.10 Å². The zero-order valence-electron chi connectivity index (χ0n) is 8.59. The van der Waals surface area contributed by atoms with Crippen molar-refractivity contribution in [2.75, 3.05) is 6.61 Å². The molecule has 82 valence electrons. The van der Waals surface area contributed by atoms with Gasteiger partial charge in [0.1, 0.15) is 6.10 Å². The minimum atomic E-state index is -0.983. The molecule has 4 heteroatoms. The summed E-state index contributed by atoms with van der Waals surface area (Å²) in [7, 11) is 0. The first kappa shape index (κ1) is 10.6. The number of aliphatic carboxylic acids is 1. The van der Waals surface area contributed by atoms with Gasteiger partial charge in [0.05, 0.1) is 17.9 Å². The van der Waals surface area contributed by atoms with E-state index >= 15 is 0 Å². The number of hydrogen-bond acceptors (Lipinski definition) is 3. The predicted molar refractivity (Wildman–Crippen MR) is 57.8 cm³/mol. The van der Waals surface area contributed by atoms with Crippen LogP contribution >= 0.6 is 0 Å². The van der Waals surface area contributed by atoms with Gasteiger partial charge in [-0.15, -0.1) is 0 Å². The molecule has 16 heavy (non-hydrogen) atoms. The lowest BCUT2D eigenvalue weighted by atomic mass is 10.0. The molecule has 0 spiro atoms. The lowest BCUT2D eigenvalue weighted by Gasteiger charge is -2.10. The van der Waals surface area contributed by atoms with Crippen LogP contribution < -0.4 is 0 Å². The smallest absolute Gasteiger partial charge is 0.335 e. The molecule has 0 aromatic carbocycles. The van der Waals surface area contributed by atoms with Gasteiger partial charge in [-0.3, -0.25) is 4.98 Å². The van der Waals surface area contributed by atoms with E-state index in [2.05, 4.69) is 11.6 Å². The minimum Gasteiger partial charge on any atom is -0.478 e. The summed E-state index contributed by atoms with van der Waals surface area (Å²) in [6, 6.07) is 5.33.